The second kappa shape index (κ2) is 5.03. The molecular weight excluding hydrogens is 270 g/mol. The first-order valence-electron chi connectivity index (χ1n) is 3.98. The zero-order chi connectivity index (χ0) is 11.4. The highest BCUT2D eigenvalue weighted by molar-refractivity contribution is 9.10. The fourth-order valence-electron chi connectivity index (χ4n) is 1.12. The Morgan fingerprint density at radius 2 is 2.33 bits per heavy atom. The van der Waals surface area contributed by atoms with Crippen molar-refractivity contribution in [3.8, 4) is 11.9 Å². The van der Waals surface area contributed by atoms with Gasteiger partial charge in [-0.25, -0.2) is 13.8 Å². The molecule has 0 radical (unpaired) electrons. The predicted octanol–water partition coefficient (Wildman–Crippen LogP) is 2.86. The molecule has 0 saturated heterocycles. The maximum absolute atomic E-state index is 12.7. The molecule has 1 aromatic rings. The van der Waals surface area contributed by atoms with Gasteiger partial charge in [-0.3, -0.25) is 0 Å². The van der Waals surface area contributed by atoms with Gasteiger partial charge in [0.15, 0.2) is 0 Å². The lowest BCUT2D eigenvalue weighted by Gasteiger charge is -2.10. The minimum Gasteiger partial charge on any atom is -0.480 e. The molecule has 15 heavy (non-hydrogen) atoms. The first-order valence-corrected chi connectivity index (χ1v) is 4.77. The predicted molar refractivity (Wildman–Crippen MR) is 52.8 cm³/mol. The van der Waals surface area contributed by atoms with Crippen molar-refractivity contribution in [1.82, 2.24) is 4.98 Å². The molecule has 0 bridgehead atoms. The van der Waals surface area contributed by atoms with Crippen LogP contribution in [0.15, 0.2) is 10.7 Å². The SMILES string of the molecule is COc1ncc(CC#N)c(C(F)F)c1Br. The van der Waals surface area contributed by atoms with Crippen molar-refractivity contribution in [2.24, 2.45) is 0 Å². The van der Waals surface area contributed by atoms with Crippen LogP contribution in [0.1, 0.15) is 17.6 Å². The number of hydrogen-bond donors (Lipinski definition) is 0. The number of rotatable bonds is 3. The van der Waals surface area contributed by atoms with Crippen molar-refractivity contribution in [2.75, 3.05) is 7.11 Å². The molecular formula is C9H7BrF2N2O. The fourth-order valence-corrected chi connectivity index (χ4v) is 1.82. The van der Waals surface area contributed by atoms with Crippen LogP contribution in [0.4, 0.5) is 8.78 Å². The van der Waals surface area contributed by atoms with Gasteiger partial charge in [-0.05, 0) is 21.5 Å². The lowest BCUT2D eigenvalue weighted by Crippen LogP contribution is -2.00. The lowest BCUT2D eigenvalue weighted by molar-refractivity contribution is 0.149. The standard InChI is InChI=1S/C9H7BrF2N2O/c1-15-9-7(10)6(8(11)12)5(2-3-13)4-14-9/h4,8H,2H2,1H3. The first kappa shape index (κ1) is 11.9. The van der Waals surface area contributed by atoms with Crippen molar-refractivity contribution in [1.29, 1.82) is 5.26 Å². The minimum atomic E-state index is -2.67. The Balaban J connectivity index is 3.32. The van der Waals surface area contributed by atoms with E-state index in [0.29, 0.717) is 0 Å². The second-order valence-corrected chi connectivity index (χ2v) is 3.45. The number of nitrogens with zero attached hydrogens (tertiary/aromatic N) is 2. The largest absolute Gasteiger partial charge is 0.480 e. The Hall–Kier alpha value is -1.22. The molecule has 3 nitrogen and oxygen atoms in total. The summed E-state index contributed by atoms with van der Waals surface area (Å²) in [5.41, 5.74) is -0.0245. The van der Waals surface area contributed by atoms with Gasteiger partial charge in [-0.2, -0.15) is 5.26 Å². The van der Waals surface area contributed by atoms with Gasteiger partial charge in [-0.15, -0.1) is 0 Å². The lowest BCUT2D eigenvalue weighted by atomic mass is 10.1. The Bertz CT molecular complexity index is 404. The molecule has 1 rings (SSSR count). The van der Waals surface area contributed by atoms with Crippen LogP contribution in [-0.2, 0) is 6.42 Å². The first-order chi connectivity index (χ1) is 7.11. The van der Waals surface area contributed by atoms with E-state index < -0.39 is 6.43 Å². The molecule has 0 aliphatic heterocycles. The maximum Gasteiger partial charge on any atom is 0.265 e. The summed E-state index contributed by atoms with van der Waals surface area (Å²) in [5.74, 6) is 0.0898. The average molecular weight is 277 g/mol. The number of halogens is 3. The zero-order valence-corrected chi connectivity index (χ0v) is 9.38. The van der Waals surface area contributed by atoms with E-state index in [1.54, 1.807) is 0 Å². The highest BCUT2D eigenvalue weighted by atomic mass is 79.9. The van der Waals surface area contributed by atoms with Crippen LogP contribution in [0, 0.1) is 11.3 Å². The summed E-state index contributed by atoms with van der Waals surface area (Å²) in [6.45, 7) is 0. The van der Waals surface area contributed by atoms with Gasteiger partial charge in [-0.1, -0.05) is 0 Å². The normalized spacial score (nSPS) is 10.1. The quantitative estimate of drug-likeness (QED) is 0.853. The molecule has 0 amide bonds. The molecule has 0 fully saturated rings. The molecule has 0 unspecified atom stereocenters. The highest BCUT2D eigenvalue weighted by Crippen LogP contribution is 2.35. The molecule has 0 atom stereocenters. The van der Waals surface area contributed by atoms with Crippen molar-refractivity contribution in [2.45, 2.75) is 12.8 Å². The molecule has 6 heteroatoms. The topological polar surface area (TPSA) is 45.9 Å². The average Bonchev–Trinajstić information content (AvgIpc) is 2.18. The molecule has 0 N–H and O–H groups in total. The Morgan fingerprint density at radius 1 is 1.67 bits per heavy atom. The van der Waals surface area contributed by atoms with Gasteiger partial charge in [0, 0.05) is 11.8 Å². The van der Waals surface area contributed by atoms with Gasteiger partial charge in [0.05, 0.1) is 24.1 Å². The van der Waals surface area contributed by atoms with Gasteiger partial charge in [0.2, 0.25) is 5.88 Å². The molecule has 80 valence electrons. The van der Waals surface area contributed by atoms with Crippen LogP contribution in [-0.4, -0.2) is 12.1 Å². The summed E-state index contributed by atoms with van der Waals surface area (Å²) in [5, 5.41) is 8.47. The number of methoxy groups -OCH3 is 1. The van der Waals surface area contributed by atoms with Crippen molar-refractivity contribution >= 4 is 15.9 Å². The summed E-state index contributed by atoms with van der Waals surface area (Å²) < 4.78 is 30.3. The number of hydrogen-bond acceptors (Lipinski definition) is 3. The van der Waals surface area contributed by atoms with Crippen molar-refractivity contribution in [3.05, 3.63) is 21.8 Å². The van der Waals surface area contributed by atoms with Crippen molar-refractivity contribution < 1.29 is 13.5 Å². The Labute approximate surface area is 93.8 Å². The molecule has 0 spiro atoms. The molecule has 0 aromatic carbocycles. The smallest absolute Gasteiger partial charge is 0.265 e. The van der Waals surface area contributed by atoms with Crippen molar-refractivity contribution in [3.63, 3.8) is 0 Å². The van der Waals surface area contributed by atoms with E-state index in [1.807, 2.05) is 6.07 Å². The van der Waals surface area contributed by atoms with E-state index in [0.717, 1.165) is 0 Å². The van der Waals surface area contributed by atoms with Crippen LogP contribution in [0.5, 0.6) is 5.88 Å². The van der Waals surface area contributed by atoms with Gasteiger partial charge >= 0.3 is 0 Å². The number of aromatic nitrogens is 1. The summed E-state index contributed by atoms with van der Waals surface area (Å²) in [4.78, 5) is 3.80. The van der Waals surface area contributed by atoms with E-state index >= 15 is 0 Å². The third-order valence-electron chi connectivity index (χ3n) is 1.79. The van der Waals surface area contributed by atoms with Crippen LogP contribution in [0.3, 0.4) is 0 Å². The van der Waals surface area contributed by atoms with Crippen LogP contribution in [0.2, 0.25) is 0 Å². The zero-order valence-electron chi connectivity index (χ0n) is 7.80. The number of ether oxygens (including phenoxy) is 1. The third kappa shape index (κ3) is 2.42. The van der Waals surface area contributed by atoms with E-state index in [9.17, 15) is 8.78 Å². The maximum atomic E-state index is 12.7. The summed E-state index contributed by atoms with van der Waals surface area (Å²) in [7, 11) is 1.34. The van der Waals surface area contributed by atoms with E-state index in [2.05, 4.69) is 20.9 Å². The highest BCUT2D eigenvalue weighted by Gasteiger charge is 2.20. The number of alkyl halides is 2. The molecule has 1 heterocycles. The number of nitriles is 1. The summed E-state index contributed by atoms with van der Waals surface area (Å²) >= 11 is 2.99. The summed E-state index contributed by atoms with van der Waals surface area (Å²) in [6, 6.07) is 1.81. The Kier molecular flexibility index (Phi) is 3.97. The molecule has 1 aromatic heterocycles. The third-order valence-corrected chi connectivity index (χ3v) is 2.56. The van der Waals surface area contributed by atoms with E-state index in [1.165, 1.54) is 13.3 Å². The van der Waals surface area contributed by atoms with Gasteiger partial charge < -0.3 is 4.74 Å². The van der Waals surface area contributed by atoms with Gasteiger partial charge in [0.1, 0.15) is 0 Å². The number of pyridine rings is 1. The van der Waals surface area contributed by atoms with Crippen LogP contribution >= 0.6 is 15.9 Å². The van der Waals surface area contributed by atoms with Gasteiger partial charge in [0.25, 0.3) is 6.43 Å². The van der Waals surface area contributed by atoms with Crippen LogP contribution in [0.25, 0.3) is 0 Å². The molecule has 0 aliphatic carbocycles. The molecule has 0 saturated carbocycles. The second-order valence-electron chi connectivity index (χ2n) is 2.66. The fraction of sp³-hybridized carbons (Fsp3) is 0.333. The van der Waals surface area contributed by atoms with Crippen LogP contribution < -0.4 is 4.74 Å². The molecule has 0 aliphatic rings. The monoisotopic (exact) mass is 276 g/mol. The van der Waals surface area contributed by atoms with E-state index in [-0.39, 0.29) is 27.9 Å². The Morgan fingerprint density at radius 3 is 2.80 bits per heavy atom. The summed E-state index contributed by atoms with van der Waals surface area (Å²) in [6.07, 6.45) is -1.54. The minimum absolute atomic E-state index is 0.0898. The van der Waals surface area contributed by atoms with E-state index in [4.69, 9.17) is 10.00 Å².